The molecule has 0 aromatic carbocycles. The maximum absolute atomic E-state index is 12.5. The Bertz CT molecular complexity index is 601. The third kappa shape index (κ3) is 3.16. The molecule has 1 aromatic rings. The lowest BCUT2D eigenvalue weighted by atomic mass is 10.3. The zero-order valence-corrected chi connectivity index (χ0v) is 13.3. The largest absolute Gasteiger partial charge is 0.480 e. The van der Waals surface area contributed by atoms with Gasteiger partial charge in [-0.05, 0) is 19.3 Å². The lowest BCUT2D eigenvalue weighted by Crippen LogP contribution is -2.41. The highest BCUT2D eigenvalue weighted by Gasteiger charge is 2.37. The number of hydrogen-bond donors (Lipinski definition) is 0. The van der Waals surface area contributed by atoms with Crippen LogP contribution >= 0.6 is 0 Å². The topological polar surface area (TPSA) is 84.9 Å². The normalized spacial score (nSPS) is 23.8. The van der Waals surface area contributed by atoms with Gasteiger partial charge in [-0.2, -0.15) is 17.0 Å². The number of methoxy groups -OCH3 is 1. The number of nitrogens with zero attached hydrogens (tertiary/aromatic N) is 4. The highest BCUT2D eigenvalue weighted by Crippen LogP contribution is 2.23. The second-order valence-electron chi connectivity index (χ2n) is 5.41. The minimum Gasteiger partial charge on any atom is -0.480 e. The van der Waals surface area contributed by atoms with Gasteiger partial charge in [0.25, 0.3) is 10.2 Å². The molecule has 1 aromatic heterocycles. The Morgan fingerprint density at radius 1 is 1.09 bits per heavy atom. The van der Waals surface area contributed by atoms with Crippen LogP contribution in [0.3, 0.4) is 0 Å². The average Bonchev–Trinajstić information content (AvgIpc) is 3.20. The quantitative estimate of drug-likeness (QED) is 0.772. The Hall–Kier alpha value is -1.45. The fraction of sp³-hybridized carbons (Fsp3) is 0.692. The Morgan fingerprint density at radius 3 is 2.41 bits per heavy atom. The van der Waals surface area contributed by atoms with Crippen molar-refractivity contribution >= 4 is 10.2 Å². The molecule has 1 atom stereocenters. The molecule has 3 heterocycles. The molecule has 0 saturated carbocycles. The minimum absolute atomic E-state index is 0.194. The van der Waals surface area contributed by atoms with Gasteiger partial charge in [0.2, 0.25) is 11.8 Å². The van der Waals surface area contributed by atoms with Crippen LogP contribution in [0.25, 0.3) is 0 Å². The van der Waals surface area contributed by atoms with Gasteiger partial charge in [-0.3, -0.25) is 0 Å². The van der Waals surface area contributed by atoms with E-state index in [-0.39, 0.29) is 6.10 Å². The first-order valence-corrected chi connectivity index (χ1v) is 8.79. The fourth-order valence-electron chi connectivity index (χ4n) is 2.74. The molecule has 2 saturated heterocycles. The van der Waals surface area contributed by atoms with E-state index in [0.717, 1.165) is 12.8 Å². The van der Waals surface area contributed by atoms with E-state index in [1.54, 1.807) is 16.4 Å². The monoisotopic (exact) mass is 328 g/mol. The summed E-state index contributed by atoms with van der Waals surface area (Å²) in [5.41, 5.74) is 0. The molecule has 0 amide bonds. The van der Waals surface area contributed by atoms with Crippen LogP contribution in [0.5, 0.6) is 11.8 Å². The van der Waals surface area contributed by atoms with Crippen LogP contribution in [-0.4, -0.2) is 66.6 Å². The van der Waals surface area contributed by atoms with Crippen LogP contribution in [0.2, 0.25) is 0 Å². The van der Waals surface area contributed by atoms with E-state index in [1.807, 2.05) is 0 Å². The number of rotatable bonds is 5. The van der Waals surface area contributed by atoms with Gasteiger partial charge in [0, 0.05) is 31.8 Å². The second kappa shape index (κ2) is 6.35. The van der Waals surface area contributed by atoms with Crippen molar-refractivity contribution in [1.29, 1.82) is 0 Å². The maximum atomic E-state index is 12.5. The Kier molecular flexibility index (Phi) is 4.46. The lowest BCUT2D eigenvalue weighted by Gasteiger charge is -2.23. The number of aromatic nitrogens is 2. The van der Waals surface area contributed by atoms with Crippen molar-refractivity contribution < 1.29 is 17.9 Å². The first-order chi connectivity index (χ1) is 10.6. The third-order valence-electron chi connectivity index (χ3n) is 3.94. The van der Waals surface area contributed by atoms with Gasteiger partial charge in [-0.25, -0.2) is 0 Å². The Labute approximate surface area is 130 Å². The summed E-state index contributed by atoms with van der Waals surface area (Å²) in [6.45, 7) is 2.07. The van der Waals surface area contributed by atoms with E-state index < -0.39 is 10.2 Å². The third-order valence-corrected chi connectivity index (χ3v) is 5.94. The fourth-order valence-corrected chi connectivity index (χ4v) is 4.47. The molecule has 1 unspecified atom stereocenters. The van der Waals surface area contributed by atoms with E-state index in [9.17, 15) is 8.42 Å². The van der Waals surface area contributed by atoms with Crippen LogP contribution in [0.15, 0.2) is 12.1 Å². The molecule has 0 N–H and O–H groups in total. The summed E-state index contributed by atoms with van der Waals surface area (Å²) in [6.07, 6.45) is 2.34. The summed E-state index contributed by atoms with van der Waals surface area (Å²) < 4.78 is 38.6. The summed E-state index contributed by atoms with van der Waals surface area (Å²) in [4.78, 5) is 0. The summed E-state index contributed by atoms with van der Waals surface area (Å²) in [6, 6.07) is 3.33. The van der Waals surface area contributed by atoms with Gasteiger partial charge in [-0.1, -0.05) is 0 Å². The first kappa shape index (κ1) is 15.4. The zero-order chi connectivity index (χ0) is 15.6. The van der Waals surface area contributed by atoms with Crippen molar-refractivity contribution in [2.24, 2.45) is 0 Å². The van der Waals surface area contributed by atoms with Crippen molar-refractivity contribution in [2.45, 2.75) is 25.4 Å². The van der Waals surface area contributed by atoms with E-state index in [2.05, 4.69) is 10.2 Å². The summed E-state index contributed by atoms with van der Waals surface area (Å²) in [5.74, 6) is 0.795. The SMILES string of the molecule is COc1ccc(OC2CCN(S(=O)(=O)N3CCCC3)C2)nn1. The van der Waals surface area contributed by atoms with Gasteiger partial charge < -0.3 is 9.47 Å². The molecule has 2 fully saturated rings. The van der Waals surface area contributed by atoms with Gasteiger partial charge in [0.1, 0.15) is 6.10 Å². The van der Waals surface area contributed by atoms with Gasteiger partial charge in [0.15, 0.2) is 0 Å². The molecular weight excluding hydrogens is 308 g/mol. The van der Waals surface area contributed by atoms with Crippen LogP contribution in [-0.2, 0) is 10.2 Å². The molecular formula is C13H20N4O4S. The number of hydrogen-bond acceptors (Lipinski definition) is 6. The second-order valence-corrected chi connectivity index (χ2v) is 7.34. The Morgan fingerprint density at radius 2 is 1.77 bits per heavy atom. The number of ether oxygens (including phenoxy) is 2. The molecule has 8 nitrogen and oxygen atoms in total. The molecule has 0 radical (unpaired) electrons. The molecule has 0 aliphatic carbocycles. The minimum atomic E-state index is -3.34. The highest BCUT2D eigenvalue weighted by molar-refractivity contribution is 7.86. The van der Waals surface area contributed by atoms with E-state index >= 15 is 0 Å². The maximum Gasteiger partial charge on any atom is 0.282 e. The van der Waals surface area contributed by atoms with E-state index in [1.165, 1.54) is 11.4 Å². The van der Waals surface area contributed by atoms with Crippen LogP contribution in [0, 0.1) is 0 Å². The van der Waals surface area contributed by atoms with Gasteiger partial charge in [-0.15, -0.1) is 10.2 Å². The molecule has 0 spiro atoms. The van der Waals surface area contributed by atoms with Crippen LogP contribution in [0.1, 0.15) is 19.3 Å². The smallest absolute Gasteiger partial charge is 0.282 e. The average molecular weight is 328 g/mol. The first-order valence-electron chi connectivity index (χ1n) is 7.39. The summed E-state index contributed by atoms with van der Waals surface area (Å²) >= 11 is 0. The van der Waals surface area contributed by atoms with Crippen LogP contribution in [0.4, 0.5) is 0 Å². The summed E-state index contributed by atoms with van der Waals surface area (Å²) in [7, 11) is -1.83. The van der Waals surface area contributed by atoms with E-state index in [0.29, 0.717) is 44.4 Å². The van der Waals surface area contributed by atoms with E-state index in [4.69, 9.17) is 9.47 Å². The lowest BCUT2D eigenvalue weighted by molar-refractivity contribution is 0.202. The summed E-state index contributed by atoms with van der Waals surface area (Å²) in [5, 5.41) is 7.73. The molecule has 0 bridgehead atoms. The molecule has 2 aliphatic rings. The predicted molar refractivity (Wildman–Crippen MR) is 78.9 cm³/mol. The van der Waals surface area contributed by atoms with Crippen molar-refractivity contribution in [2.75, 3.05) is 33.3 Å². The highest BCUT2D eigenvalue weighted by atomic mass is 32.2. The molecule has 22 heavy (non-hydrogen) atoms. The van der Waals surface area contributed by atoms with Crippen molar-refractivity contribution in [1.82, 2.24) is 18.8 Å². The molecule has 9 heteroatoms. The van der Waals surface area contributed by atoms with Gasteiger partial charge >= 0.3 is 0 Å². The Balaban J connectivity index is 1.59. The van der Waals surface area contributed by atoms with Crippen molar-refractivity contribution in [3.8, 4) is 11.8 Å². The molecule has 3 rings (SSSR count). The molecule has 122 valence electrons. The van der Waals surface area contributed by atoms with Crippen molar-refractivity contribution in [3.05, 3.63) is 12.1 Å². The standard InChI is InChI=1S/C13H20N4O4S/c1-20-12-4-5-13(15-14-12)21-11-6-9-17(10-11)22(18,19)16-7-2-3-8-16/h4-5,11H,2-3,6-10H2,1H3. The molecule has 2 aliphatic heterocycles. The predicted octanol–water partition coefficient (Wildman–Crippen LogP) is 0.279. The zero-order valence-electron chi connectivity index (χ0n) is 12.5. The van der Waals surface area contributed by atoms with Gasteiger partial charge in [0.05, 0.1) is 13.7 Å². The van der Waals surface area contributed by atoms with Crippen LogP contribution < -0.4 is 9.47 Å². The van der Waals surface area contributed by atoms with Crippen molar-refractivity contribution in [3.63, 3.8) is 0 Å².